The van der Waals surface area contributed by atoms with Gasteiger partial charge in [0.05, 0.1) is 0 Å². The quantitative estimate of drug-likeness (QED) is 0.581. The first-order chi connectivity index (χ1) is 10.9. The summed E-state index contributed by atoms with van der Waals surface area (Å²) >= 11 is 0. The van der Waals surface area contributed by atoms with E-state index < -0.39 is 13.8 Å². The molecule has 1 aliphatic carbocycles. The number of phosphoric ester groups is 1. The van der Waals surface area contributed by atoms with Crippen molar-refractivity contribution in [2.24, 2.45) is 0 Å². The number of hydrogen-bond donors (Lipinski definition) is 1. The van der Waals surface area contributed by atoms with Gasteiger partial charge in [-0.15, -0.1) is 0 Å². The third kappa shape index (κ3) is 3.07. The van der Waals surface area contributed by atoms with Gasteiger partial charge in [-0.2, -0.15) is 0 Å². The number of carbonyl (C=O) groups excluding carboxylic acids is 1. The second kappa shape index (κ2) is 5.69. The summed E-state index contributed by atoms with van der Waals surface area (Å²) < 4.78 is 21.6. The van der Waals surface area contributed by atoms with Crippen LogP contribution in [0.3, 0.4) is 0 Å². The van der Waals surface area contributed by atoms with Crippen LogP contribution in [0, 0.1) is 0 Å². The lowest BCUT2D eigenvalue weighted by molar-refractivity contribution is -0.131. The molecule has 0 bridgehead atoms. The van der Waals surface area contributed by atoms with E-state index in [2.05, 4.69) is 11.1 Å². The van der Waals surface area contributed by atoms with Gasteiger partial charge in [-0.05, 0) is 29.7 Å². The predicted octanol–water partition coefficient (Wildman–Crippen LogP) is 3.86. The molecule has 5 nitrogen and oxygen atoms in total. The largest absolute Gasteiger partial charge is 0.587 e. The van der Waals surface area contributed by atoms with E-state index >= 15 is 0 Å². The molecule has 1 atom stereocenters. The van der Waals surface area contributed by atoms with Gasteiger partial charge >= 0.3 is 13.8 Å². The molecule has 0 amide bonds. The van der Waals surface area contributed by atoms with Crippen LogP contribution >= 0.6 is 7.82 Å². The molecule has 118 valence electrons. The maximum Gasteiger partial charge on any atom is 0.587 e. The van der Waals surface area contributed by atoms with Gasteiger partial charge in [0.2, 0.25) is 0 Å². The minimum absolute atomic E-state index is 0.0218. The number of phosphoric acid groups is 1. The minimum Gasteiger partial charge on any atom is -0.395 e. The third-order valence-electron chi connectivity index (χ3n) is 3.57. The van der Waals surface area contributed by atoms with Crippen LogP contribution in [0.1, 0.15) is 18.1 Å². The fourth-order valence-electron chi connectivity index (χ4n) is 2.54. The van der Waals surface area contributed by atoms with Crippen LogP contribution in [0.15, 0.2) is 54.6 Å². The summed E-state index contributed by atoms with van der Waals surface area (Å²) in [5.74, 6) is -0.731. The molecular weight excluding hydrogens is 315 g/mol. The molecule has 0 aliphatic heterocycles. The molecule has 0 fully saturated rings. The molecule has 2 aromatic carbocycles. The maximum atomic E-state index is 12.0. The second-order valence-corrected chi connectivity index (χ2v) is 6.64. The van der Waals surface area contributed by atoms with E-state index in [0.717, 1.165) is 22.3 Å². The molecule has 6 heteroatoms. The van der Waals surface area contributed by atoms with Crippen molar-refractivity contribution in [2.75, 3.05) is 0 Å². The van der Waals surface area contributed by atoms with Crippen LogP contribution in [-0.2, 0) is 20.3 Å². The summed E-state index contributed by atoms with van der Waals surface area (Å²) in [5, 5.41) is 0. The zero-order chi connectivity index (χ0) is 16.6. The predicted molar refractivity (Wildman–Crippen MR) is 86.0 cm³/mol. The van der Waals surface area contributed by atoms with Crippen molar-refractivity contribution in [3.63, 3.8) is 0 Å². The molecule has 1 aliphatic rings. The van der Waals surface area contributed by atoms with Crippen LogP contribution in [0.4, 0.5) is 0 Å². The van der Waals surface area contributed by atoms with Gasteiger partial charge in [0.15, 0.2) is 0 Å². The van der Waals surface area contributed by atoms with E-state index in [9.17, 15) is 14.3 Å². The molecule has 0 spiro atoms. The van der Waals surface area contributed by atoms with E-state index in [1.165, 1.54) is 6.92 Å². The van der Waals surface area contributed by atoms with Crippen molar-refractivity contribution in [2.45, 2.75) is 13.3 Å². The molecule has 1 unspecified atom stereocenters. The van der Waals surface area contributed by atoms with Crippen LogP contribution in [0.5, 0.6) is 5.75 Å². The summed E-state index contributed by atoms with van der Waals surface area (Å²) in [6.45, 7) is 4.76. The SMILES string of the molecule is C=C(C)C(=O)OP(=O)(O)Oc1cccc2c1Cc1ccccc1-2. The Morgan fingerprint density at radius 2 is 1.87 bits per heavy atom. The van der Waals surface area contributed by atoms with Crippen LogP contribution < -0.4 is 4.52 Å². The summed E-state index contributed by atoms with van der Waals surface area (Å²) in [4.78, 5) is 21.2. The Morgan fingerprint density at radius 1 is 1.17 bits per heavy atom. The lowest BCUT2D eigenvalue weighted by atomic mass is 10.1. The Bertz CT molecular complexity index is 856. The topological polar surface area (TPSA) is 72.8 Å². The highest BCUT2D eigenvalue weighted by Crippen LogP contribution is 2.49. The summed E-state index contributed by atoms with van der Waals surface area (Å²) in [5.41, 5.74) is 3.96. The van der Waals surface area contributed by atoms with Crippen LogP contribution in [0.2, 0.25) is 0 Å². The molecule has 0 aromatic heterocycles. The fraction of sp³-hybridized carbons (Fsp3) is 0.118. The highest BCUT2D eigenvalue weighted by molar-refractivity contribution is 7.48. The van der Waals surface area contributed by atoms with Crippen molar-refractivity contribution in [3.05, 3.63) is 65.7 Å². The van der Waals surface area contributed by atoms with Gasteiger partial charge in [0, 0.05) is 17.6 Å². The van der Waals surface area contributed by atoms with Gasteiger partial charge < -0.3 is 9.05 Å². The fourth-order valence-corrected chi connectivity index (χ4v) is 3.36. The smallest absolute Gasteiger partial charge is 0.395 e. The number of benzene rings is 2. The Kier molecular flexibility index (Phi) is 3.84. The standard InChI is InChI=1S/C17H15O5P/c1-11(2)17(18)22-23(19,20)21-16-9-5-8-14-13-7-4-3-6-12(13)10-15(14)16/h3-9H,1,10H2,2H3,(H,19,20). The highest BCUT2D eigenvalue weighted by Gasteiger charge is 2.31. The van der Waals surface area contributed by atoms with Crippen molar-refractivity contribution in [1.82, 2.24) is 0 Å². The molecule has 0 heterocycles. The van der Waals surface area contributed by atoms with Gasteiger partial charge in [-0.1, -0.05) is 43.0 Å². The molecule has 0 radical (unpaired) electrons. The normalized spacial score (nSPS) is 14.3. The van der Waals surface area contributed by atoms with Crippen molar-refractivity contribution >= 4 is 13.8 Å². The van der Waals surface area contributed by atoms with Gasteiger partial charge in [-0.3, -0.25) is 4.89 Å². The Morgan fingerprint density at radius 3 is 2.61 bits per heavy atom. The van der Waals surface area contributed by atoms with Crippen LogP contribution in [-0.4, -0.2) is 10.9 Å². The Balaban J connectivity index is 1.90. The highest BCUT2D eigenvalue weighted by atomic mass is 31.2. The Hall–Kier alpha value is -2.36. The van der Waals surface area contributed by atoms with Crippen molar-refractivity contribution in [1.29, 1.82) is 0 Å². The van der Waals surface area contributed by atoms with E-state index in [4.69, 9.17) is 4.52 Å². The lowest BCUT2D eigenvalue weighted by Crippen LogP contribution is -2.07. The maximum absolute atomic E-state index is 12.0. The third-order valence-corrected chi connectivity index (χ3v) is 4.39. The second-order valence-electron chi connectivity index (χ2n) is 5.34. The molecule has 3 rings (SSSR count). The lowest BCUT2D eigenvalue weighted by Gasteiger charge is -2.15. The molecule has 0 saturated carbocycles. The summed E-state index contributed by atoms with van der Waals surface area (Å²) in [6.07, 6.45) is 0.593. The molecular formula is C17H15O5P. The number of carbonyl (C=O) groups is 1. The van der Waals surface area contributed by atoms with Crippen molar-refractivity contribution in [3.8, 4) is 16.9 Å². The first-order valence-corrected chi connectivity index (χ1v) is 8.49. The first kappa shape index (κ1) is 15.5. The average Bonchev–Trinajstić information content (AvgIpc) is 2.86. The first-order valence-electron chi connectivity index (χ1n) is 6.99. The van der Waals surface area contributed by atoms with Crippen molar-refractivity contribution < 1.29 is 23.3 Å². The number of hydrogen-bond acceptors (Lipinski definition) is 4. The summed E-state index contributed by atoms with van der Waals surface area (Å²) in [7, 11) is -4.56. The van der Waals surface area contributed by atoms with Crippen LogP contribution in [0.25, 0.3) is 11.1 Å². The monoisotopic (exact) mass is 330 g/mol. The number of fused-ring (bicyclic) bond motifs is 3. The van der Waals surface area contributed by atoms with Gasteiger partial charge in [0.25, 0.3) is 0 Å². The molecule has 1 N–H and O–H groups in total. The molecule has 0 saturated heterocycles. The zero-order valence-corrected chi connectivity index (χ0v) is 13.4. The van der Waals surface area contributed by atoms with E-state index in [0.29, 0.717) is 6.42 Å². The molecule has 2 aromatic rings. The van der Waals surface area contributed by atoms with E-state index in [1.807, 2.05) is 30.3 Å². The average molecular weight is 330 g/mol. The molecule has 23 heavy (non-hydrogen) atoms. The van der Waals surface area contributed by atoms with E-state index in [-0.39, 0.29) is 11.3 Å². The van der Waals surface area contributed by atoms with Gasteiger partial charge in [-0.25, -0.2) is 9.36 Å². The summed E-state index contributed by atoms with van der Waals surface area (Å²) in [6, 6.07) is 13.1. The van der Waals surface area contributed by atoms with E-state index in [1.54, 1.807) is 12.1 Å². The van der Waals surface area contributed by atoms with Gasteiger partial charge in [0.1, 0.15) is 5.75 Å². The zero-order valence-electron chi connectivity index (χ0n) is 12.5. The Labute approximate surface area is 133 Å². The number of rotatable bonds is 4. The minimum atomic E-state index is -4.56.